The van der Waals surface area contributed by atoms with Crippen molar-refractivity contribution in [2.24, 2.45) is 22.2 Å². The summed E-state index contributed by atoms with van der Waals surface area (Å²) in [4.78, 5) is 38.8. The number of amides is 1. The Kier molecular flexibility index (Phi) is 4.72. The van der Waals surface area contributed by atoms with Crippen LogP contribution >= 0.6 is 11.3 Å². The van der Waals surface area contributed by atoms with Crippen molar-refractivity contribution in [1.29, 1.82) is 0 Å². The molecule has 1 N–H and O–H groups in total. The zero-order valence-electron chi connectivity index (χ0n) is 18.1. The Hall–Kier alpha value is -1.69. The quantitative estimate of drug-likeness (QED) is 0.516. The molecule has 1 aromatic rings. The number of thiophene rings is 1. The molecule has 5 nitrogen and oxygen atoms in total. The summed E-state index contributed by atoms with van der Waals surface area (Å²) in [6, 6.07) is 0. The third kappa shape index (κ3) is 3.33. The van der Waals surface area contributed by atoms with Gasteiger partial charge in [0.15, 0.2) is 5.78 Å². The first-order valence-electron chi connectivity index (χ1n) is 10.6. The summed E-state index contributed by atoms with van der Waals surface area (Å²) in [5.74, 6) is 0.0391. The van der Waals surface area contributed by atoms with E-state index < -0.39 is 5.97 Å². The second kappa shape index (κ2) is 6.66. The number of carbonyl (C=O) groups excluding carboxylic acids is 3. The lowest BCUT2D eigenvalue weighted by Crippen LogP contribution is -2.58. The summed E-state index contributed by atoms with van der Waals surface area (Å²) in [6.45, 7) is 9.91. The molecule has 0 unspecified atom stereocenters. The number of nitrogens with one attached hydrogen (secondary N) is 1. The molecule has 4 aliphatic carbocycles. The third-order valence-corrected chi connectivity index (χ3v) is 8.59. The van der Waals surface area contributed by atoms with Gasteiger partial charge in [-0.05, 0) is 81.6 Å². The molecule has 0 aromatic carbocycles. The molecule has 6 heteroatoms. The maximum absolute atomic E-state index is 13.6. The van der Waals surface area contributed by atoms with Gasteiger partial charge in [-0.2, -0.15) is 0 Å². The van der Waals surface area contributed by atoms with Crippen LogP contribution in [0.1, 0.15) is 91.8 Å². The maximum Gasteiger partial charge on any atom is 0.341 e. The fraction of sp³-hybridized carbons (Fsp3) is 0.696. The van der Waals surface area contributed by atoms with E-state index in [4.69, 9.17) is 4.74 Å². The summed E-state index contributed by atoms with van der Waals surface area (Å²) < 4.78 is 5.21. The van der Waals surface area contributed by atoms with Crippen LogP contribution in [0.15, 0.2) is 0 Å². The highest BCUT2D eigenvalue weighted by Gasteiger charge is 2.62. The van der Waals surface area contributed by atoms with Gasteiger partial charge in [0, 0.05) is 0 Å². The van der Waals surface area contributed by atoms with Gasteiger partial charge in [-0.1, -0.05) is 13.8 Å². The van der Waals surface area contributed by atoms with Crippen molar-refractivity contribution in [2.45, 2.75) is 73.1 Å². The smallest absolute Gasteiger partial charge is 0.341 e. The van der Waals surface area contributed by atoms with Crippen molar-refractivity contribution in [3.8, 4) is 0 Å². The van der Waals surface area contributed by atoms with Crippen molar-refractivity contribution in [1.82, 2.24) is 0 Å². The van der Waals surface area contributed by atoms with Crippen LogP contribution in [0.4, 0.5) is 5.00 Å². The molecule has 1 amide bonds. The molecule has 5 rings (SSSR count). The molecule has 4 fully saturated rings. The molecule has 0 radical (unpaired) electrons. The van der Waals surface area contributed by atoms with Crippen LogP contribution in [0, 0.1) is 29.1 Å². The summed E-state index contributed by atoms with van der Waals surface area (Å²) in [6.07, 6.45) is 6.40. The standard InChI is InChI=1S/C23H31NO4S/c1-6-28-19(26)16-13(2)17(14(3)25)29-18(16)24-20(27)23-9-15-7-21(4,11-23)10-22(5,8-15)12-23/h15H,6-12H2,1-5H3,(H,24,27)/t15?,21-,22-,23?/m1/s1. The first-order chi connectivity index (χ1) is 13.5. The number of ether oxygens (including phenoxy) is 1. The molecule has 29 heavy (non-hydrogen) atoms. The lowest BCUT2D eigenvalue weighted by atomic mass is 9.40. The van der Waals surface area contributed by atoms with Gasteiger partial charge in [0.2, 0.25) is 5.91 Å². The van der Waals surface area contributed by atoms with Crippen LogP contribution in [0.2, 0.25) is 0 Å². The topological polar surface area (TPSA) is 72.5 Å². The Labute approximate surface area is 176 Å². The molecular weight excluding hydrogens is 386 g/mol. The molecule has 1 heterocycles. The first-order valence-corrected chi connectivity index (χ1v) is 11.4. The van der Waals surface area contributed by atoms with Crippen LogP contribution in [0.25, 0.3) is 0 Å². The predicted molar refractivity (Wildman–Crippen MR) is 113 cm³/mol. The van der Waals surface area contributed by atoms with E-state index in [9.17, 15) is 14.4 Å². The number of rotatable bonds is 5. The Morgan fingerprint density at radius 1 is 1.10 bits per heavy atom. The number of esters is 1. The Morgan fingerprint density at radius 3 is 2.24 bits per heavy atom. The van der Waals surface area contributed by atoms with Crippen LogP contribution < -0.4 is 5.32 Å². The van der Waals surface area contributed by atoms with Crippen LogP contribution in [-0.2, 0) is 9.53 Å². The van der Waals surface area contributed by atoms with Crippen LogP contribution in [-0.4, -0.2) is 24.3 Å². The highest BCUT2D eigenvalue weighted by atomic mass is 32.1. The number of ketones is 1. The lowest BCUT2D eigenvalue weighted by molar-refractivity contribution is -0.165. The molecule has 0 spiro atoms. The number of hydrogen-bond acceptors (Lipinski definition) is 5. The molecule has 4 aliphatic rings. The van der Waals surface area contributed by atoms with Crippen LogP contribution in [0.3, 0.4) is 0 Å². The first kappa shape index (κ1) is 20.6. The monoisotopic (exact) mass is 417 g/mol. The Balaban J connectivity index is 1.68. The molecule has 4 saturated carbocycles. The minimum atomic E-state index is -0.478. The van der Waals surface area contributed by atoms with Crippen molar-refractivity contribution < 1.29 is 19.1 Å². The molecule has 0 saturated heterocycles. The Bertz CT molecular complexity index is 883. The van der Waals surface area contributed by atoms with E-state index in [-0.39, 0.29) is 34.5 Å². The number of anilines is 1. The SMILES string of the molecule is CCOC(=O)c1c(NC(=O)C23CC4C[C@@](C)(C2)C[C@@](C)(C4)C3)sc(C(C)=O)c1C. The maximum atomic E-state index is 13.6. The third-order valence-electron chi connectivity index (χ3n) is 7.28. The summed E-state index contributed by atoms with van der Waals surface area (Å²) in [5.41, 5.74) is 1.01. The van der Waals surface area contributed by atoms with E-state index in [1.165, 1.54) is 37.5 Å². The highest BCUT2D eigenvalue weighted by Crippen LogP contribution is 2.69. The predicted octanol–water partition coefficient (Wildman–Crippen LogP) is 5.37. The average molecular weight is 418 g/mol. The van der Waals surface area contributed by atoms with E-state index >= 15 is 0 Å². The molecule has 2 atom stereocenters. The number of Topliss-reactive ketones (excluding diaryl/α,β-unsaturated/α-hetero) is 1. The summed E-state index contributed by atoms with van der Waals surface area (Å²) in [7, 11) is 0. The normalized spacial score (nSPS) is 34.9. The lowest BCUT2D eigenvalue weighted by Gasteiger charge is -2.64. The van der Waals surface area contributed by atoms with Gasteiger partial charge < -0.3 is 10.1 Å². The van der Waals surface area contributed by atoms with Gasteiger partial charge in [-0.25, -0.2) is 4.79 Å². The molecule has 158 valence electrons. The number of carbonyl (C=O) groups is 3. The summed E-state index contributed by atoms with van der Waals surface area (Å²) in [5, 5.41) is 3.54. The minimum absolute atomic E-state index is 0.0148. The van der Waals surface area contributed by atoms with Gasteiger partial charge in [-0.3, -0.25) is 9.59 Å². The second-order valence-corrected chi connectivity index (χ2v) is 11.4. The largest absolute Gasteiger partial charge is 0.462 e. The fourth-order valence-corrected chi connectivity index (χ4v) is 8.41. The van der Waals surface area contributed by atoms with E-state index in [1.807, 2.05) is 0 Å². The van der Waals surface area contributed by atoms with Crippen molar-refractivity contribution in [3.63, 3.8) is 0 Å². The molecule has 4 bridgehead atoms. The highest BCUT2D eigenvalue weighted by molar-refractivity contribution is 7.18. The molecule has 1 aromatic heterocycles. The Morgan fingerprint density at radius 2 is 1.72 bits per heavy atom. The second-order valence-electron chi connectivity index (χ2n) is 10.4. The molecule has 0 aliphatic heterocycles. The van der Waals surface area contributed by atoms with Gasteiger partial charge in [0.05, 0.1) is 22.5 Å². The average Bonchev–Trinajstić information content (AvgIpc) is 2.88. The van der Waals surface area contributed by atoms with Crippen molar-refractivity contribution >= 4 is 34.0 Å². The van der Waals surface area contributed by atoms with E-state index in [2.05, 4.69) is 19.2 Å². The van der Waals surface area contributed by atoms with E-state index in [1.54, 1.807) is 13.8 Å². The minimum Gasteiger partial charge on any atom is -0.462 e. The van der Waals surface area contributed by atoms with Crippen molar-refractivity contribution in [3.05, 3.63) is 16.0 Å². The van der Waals surface area contributed by atoms with Gasteiger partial charge in [0.25, 0.3) is 0 Å². The summed E-state index contributed by atoms with van der Waals surface area (Å²) >= 11 is 1.20. The van der Waals surface area contributed by atoms with Crippen molar-refractivity contribution in [2.75, 3.05) is 11.9 Å². The van der Waals surface area contributed by atoms with Gasteiger partial charge in [-0.15, -0.1) is 11.3 Å². The number of hydrogen-bond donors (Lipinski definition) is 1. The zero-order chi connectivity index (χ0) is 21.2. The van der Waals surface area contributed by atoms with E-state index in [0.29, 0.717) is 26.9 Å². The van der Waals surface area contributed by atoms with Gasteiger partial charge in [0.1, 0.15) is 5.00 Å². The van der Waals surface area contributed by atoms with Gasteiger partial charge >= 0.3 is 5.97 Å². The van der Waals surface area contributed by atoms with Crippen LogP contribution in [0.5, 0.6) is 0 Å². The zero-order valence-corrected chi connectivity index (χ0v) is 18.9. The fourth-order valence-electron chi connectivity index (χ4n) is 7.32. The molecular formula is C23H31NO4S. The van der Waals surface area contributed by atoms with E-state index in [0.717, 1.165) is 19.3 Å².